The zero-order valence-electron chi connectivity index (χ0n) is 14.1. The van der Waals surface area contributed by atoms with Crippen LogP contribution in [-0.2, 0) is 6.54 Å². The quantitative estimate of drug-likeness (QED) is 0.758. The van der Waals surface area contributed by atoms with Crippen molar-refractivity contribution in [3.63, 3.8) is 0 Å². The number of halogens is 1. The lowest BCUT2D eigenvalue weighted by Crippen LogP contribution is -2.31. The molecule has 2 aromatic heterocycles. The molecule has 1 saturated heterocycles. The molecule has 3 aromatic rings. The number of carbonyl (C=O) groups excluding carboxylic acids is 1. The number of fused-ring (bicyclic) bond motifs is 1. The van der Waals surface area contributed by atoms with Crippen molar-refractivity contribution in [2.45, 2.75) is 19.1 Å². The molecule has 1 aromatic carbocycles. The summed E-state index contributed by atoms with van der Waals surface area (Å²) in [6.45, 7) is 1.96. The van der Waals surface area contributed by atoms with Crippen molar-refractivity contribution < 1.29 is 9.18 Å². The van der Waals surface area contributed by atoms with Crippen LogP contribution in [0.1, 0.15) is 12.0 Å². The second-order valence-electron chi connectivity index (χ2n) is 6.66. The third-order valence-electron chi connectivity index (χ3n) is 4.78. The summed E-state index contributed by atoms with van der Waals surface area (Å²) < 4.78 is 14.2. The van der Waals surface area contributed by atoms with Crippen LogP contribution in [0.25, 0.3) is 22.2 Å². The number of pyridine rings is 1. The van der Waals surface area contributed by atoms with Crippen molar-refractivity contribution in [2.75, 3.05) is 13.1 Å². The number of aromatic nitrogens is 2. The van der Waals surface area contributed by atoms with Crippen LogP contribution < -0.4 is 11.3 Å². The molecule has 0 radical (unpaired) electrons. The van der Waals surface area contributed by atoms with Crippen molar-refractivity contribution in [1.29, 1.82) is 0 Å². The SMILES string of the molecule is NC(=O)n1cccc(-c2cc3cc(CN4CC[C@H](F)C4)ccc3[nH]2)c1=O. The zero-order valence-corrected chi connectivity index (χ0v) is 14.1. The topological polar surface area (TPSA) is 84.1 Å². The highest BCUT2D eigenvalue weighted by molar-refractivity contribution is 5.86. The Labute approximate surface area is 149 Å². The van der Waals surface area contributed by atoms with Crippen molar-refractivity contribution in [1.82, 2.24) is 14.5 Å². The number of nitrogens with two attached hydrogens (primary N) is 1. The second-order valence-corrected chi connectivity index (χ2v) is 6.66. The number of hydrogen-bond donors (Lipinski definition) is 2. The molecule has 134 valence electrons. The predicted octanol–water partition coefficient (Wildman–Crippen LogP) is 2.47. The lowest BCUT2D eigenvalue weighted by Gasteiger charge is -2.14. The fraction of sp³-hybridized carbons (Fsp3) is 0.263. The second kappa shape index (κ2) is 6.42. The third kappa shape index (κ3) is 3.01. The first kappa shape index (κ1) is 16.5. The van der Waals surface area contributed by atoms with Gasteiger partial charge in [-0.25, -0.2) is 13.8 Å². The lowest BCUT2D eigenvalue weighted by atomic mass is 10.1. The van der Waals surface area contributed by atoms with Gasteiger partial charge in [0.1, 0.15) is 6.17 Å². The number of nitrogens with one attached hydrogen (secondary N) is 1. The van der Waals surface area contributed by atoms with Gasteiger partial charge in [-0.15, -0.1) is 0 Å². The fourth-order valence-corrected chi connectivity index (χ4v) is 3.49. The number of likely N-dealkylation sites (tertiary alicyclic amines) is 1. The maximum atomic E-state index is 13.3. The van der Waals surface area contributed by atoms with Crippen LogP contribution in [0, 0.1) is 0 Å². The number of nitrogens with zero attached hydrogens (tertiary/aromatic N) is 2. The van der Waals surface area contributed by atoms with Crippen molar-refractivity contribution in [3.05, 3.63) is 58.5 Å². The molecule has 0 unspecified atom stereocenters. The molecule has 0 aliphatic carbocycles. The molecule has 7 heteroatoms. The Morgan fingerprint density at radius 2 is 2.15 bits per heavy atom. The molecule has 26 heavy (non-hydrogen) atoms. The minimum Gasteiger partial charge on any atom is -0.354 e. The Balaban J connectivity index is 1.67. The van der Waals surface area contributed by atoms with Gasteiger partial charge >= 0.3 is 6.03 Å². The average molecular weight is 354 g/mol. The van der Waals surface area contributed by atoms with E-state index in [0.717, 1.165) is 27.6 Å². The zero-order chi connectivity index (χ0) is 18.3. The summed E-state index contributed by atoms with van der Waals surface area (Å²) in [7, 11) is 0. The minimum atomic E-state index is -0.813. The molecule has 3 N–H and O–H groups in total. The molecule has 0 saturated carbocycles. The predicted molar refractivity (Wildman–Crippen MR) is 97.8 cm³/mol. The number of alkyl halides is 1. The smallest absolute Gasteiger partial charge is 0.325 e. The summed E-state index contributed by atoms with van der Waals surface area (Å²) in [6, 6.07) is 10.3. The highest BCUT2D eigenvalue weighted by Crippen LogP contribution is 2.24. The molecule has 1 aliphatic rings. The summed E-state index contributed by atoms with van der Waals surface area (Å²) in [5, 5.41) is 0.961. The van der Waals surface area contributed by atoms with E-state index in [4.69, 9.17) is 5.73 Å². The van der Waals surface area contributed by atoms with Crippen LogP contribution >= 0.6 is 0 Å². The van der Waals surface area contributed by atoms with Gasteiger partial charge in [0.25, 0.3) is 5.56 Å². The number of carbonyl (C=O) groups is 1. The largest absolute Gasteiger partial charge is 0.354 e. The molecule has 4 rings (SSSR count). The van der Waals surface area contributed by atoms with Crippen molar-refractivity contribution in [2.24, 2.45) is 5.73 Å². The number of H-pyrrole nitrogens is 1. The number of primary amides is 1. The molecular formula is C19H19FN4O2. The van der Waals surface area contributed by atoms with Gasteiger partial charge in [-0.05, 0) is 42.3 Å². The maximum absolute atomic E-state index is 13.3. The monoisotopic (exact) mass is 354 g/mol. The maximum Gasteiger partial charge on any atom is 0.325 e. The molecule has 6 nitrogen and oxygen atoms in total. The Morgan fingerprint density at radius 3 is 2.88 bits per heavy atom. The molecule has 1 fully saturated rings. The standard InChI is InChI=1S/C19H19FN4O2/c20-14-5-7-23(11-14)10-12-3-4-16-13(8-12)9-17(22-16)15-2-1-6-24(18(15)25)19(21)26/h1-4,6,8-9,14,22H,5,7,10-11H2,(H2,21,26)/t14-/m0/s1. The lowest BCUT2D eigenvalue weighted by molar-refractivity contribution is 0.249. The van der Waals surface area contributed by atoms with E-state index in [0.29, 0.717) is 30.8 Å². The molecule has 3 heterocycles. The van der Waals surface area contributed by atoms with Crippen LogP contribution in [0.4, 0.5) is 9.18 Å². The minimum absolute atomic E-state index is 0.379. The van der Waals surface area contributed by atoms with Gasteiger partial charge in [-0.2, -0.15) is 0 Å². The summed E-state index contributed by atoms with van der Waals surface area (Å²) in [4.78, 5) is 29.1. The van der Waals surface area contributed by atoms with Gasteiger partial charge in [0.05, 0.1) is 11.3 Å². The van der Waals surface area contributed by atoms with Gasteiger partial charge in [-0.3, -0.25) is 9.69 Å². The van der Waals surface area contributed by atoms with Crippen LogP contribution in [0.2, 0.25) is 0 Å². The van der Waals surface area contributed by atoms with Crippen molar-refractivity contribution in [3.8, 4) is 11.3 Å². The van der Waals surface area contributed by atoms with E-state index < -0.39 is 17.8 Å². The summed E-state index contributed by atoms with van der Waals surface area (Å²) in [6.07, 6.45) is 1.21. The third-order valence-corrected chi connectivity index (χ3v) is 4.78. The summed E-state index contributed by atoms with van der Waals surface area (Å²) in [5.41, 5.74) is 7.76. The summed E-state index contributed by atoms with van der Waals surface area (Å²) in [5.74, 6) is 0. The van der Waals surface area contributed by atoms with Gasteiger partial charge in [0, 0.05) is 36.7 Å². The van der Waals surface area contributed by atoms with E-state index in [2.05, 4.69) is 9.88 Å². The first-order valence-corrected chi connectivity index (χ1v) is 8.51. The van der Waals surface area contributed by atoms with E-state index in [1.54, 1.807) is 12.1 Å². The average Bonchev–Trinajstić information content (AvgIpc) is 3.20. The van der Waals surface area contributed by atoms with E-state index in [9.17, 15) is 14.0 Å². The highest BCUT2D eigenvalue weighted by atomic mass is 19.1. The molecule has 0 bridgehead atoms. The van der Waals surface area contributed by atoms with E-state index in [1.165, 1.54) is 6.20 Å². The Kier molecular flexibility index (Phi) is 4.08. The molecule has 0 spiro atoms. The Hall–Kier alpha value is -2.93. The Bertz CT molecular complexity index is 1040. The number of amides is 1. The summed E-state index contributed by atoms with van der Waals surface area (Å²) >= 11 is 0. The molecule has 1 aliphatic heterocycles. The van der Waals surface area contributed by atoms with Gasteiger partial charge in [0.2, 0.25) is 0 Å². The number of rotatable bonds is 3. The van der Waals surface area contributed by atoms with E-state index in [1.807, 2.05) is 24.3 Å². The van der Waals surface area contributed by atoms with Gasteiger partial charge in [-0.1, -0.05) is 6.07 Å². The highest BCUT2D eigenvalue weighted by Gasteiger charge is 2.21. The number of hydrogen-bond acceptors (Lipinski definition) is 3. The fourth-order valence-electron chi connectivity index (χ4n) is 3.49. The number of benzene rings is 1. The van der Waals surface area contributed by atoms with Crippen LogP contribution in [0.3, 0.4) is 0 Å². The van der Waals surface area contributed by atoms with E-state index >= 15 is 0 Å². The van der Waals surface area contributed by atoms with Crippen LogP contribution in [-0.4, -0.2) is 39.7 Å². The van der Waals surface area contributed by atoms with Gasteiger partial charge < -0.3 is 10.7 Å². The molecule has 1 atom stereocenters. The van der Waals surface area contributed by atoms with Gasteiger partial charge in [0.15, 0.2) is 0 Å². The van der Waals surface area contributed by atoms with Crippen molar-refractivity contribution >= 4 is 16.9 Å². The first-order valence-electron chi connectivity index (χ1n) is 8.51. The number of aromatic amines is 1. The van der Waals surface area contributed by atoms with Crippen LogP contribution in [0.15, 0.2) is 47.4 Å². The first-order chi connectivity index (χ1) is 12.5. The normalized spacial score (nSPS) is 17.8. The molecule has 1 amide bonds. The Morgan fingerprint density at radius 1 is 1.31 bits per heavy atom. The molecular weight excluding hydrogens is 335 g/mol. The van der Waals surface area contributed by atoms with Crippen LogP contribution in [0.5, 0.6) is 0 Å². The van der Waals surface area contributed by atoms with E-state index in [-0.39, 0.29) is 0 Å².